The van der Waals surface area contributed by atoms with Crippen LogP contribution in [0.15, 0.2) is 22.7 Å². The highest BCUT2D eigenvalue weighted by molar-refractivity contribution is 6.33. The third-order valence-electron chi connectivity index (χ3n) is 3.51. The summed E-state index contributed by atoms with van der Waals surface area (Å²) in [5.41, 5.74) is 2.56. The first-order valence-corrected chi connectivity index (χ1v) is 7.53. The van der Waals surface area contributed by atoms with Gasteiger partial charge in [-0.15, -0.1) is 0 Å². The minimum Gasteiger partial charge on any atom is -0.361 e. The molecule has 0 aliphatic rings. The Morgan fingerprint density at radius 2 is 2.04 bits per heavy atom. The third-order valence-corrected chi connectivity index (χ3v) is 3.84. The van der Waals surface area contributed by atoms with Gasteiger partial charge in [-0.3, -0.25) is 9.59 Å². The summed E-state index contributed by atoms with van der Waals surface area (Å²) in [5, 5.41) is 9.49. The van der Waals surface area contributed by atoms with E-state index in [1.54, 1.807) is 25.2 Å². The van der Waals surface area contributed by atoms with Crippen LogP contribution in [0.3, 0.4) is 0 Å². The monoisotopic (exact) mass is 335 g/mol. The number of nitrogens with one attached hydrogen (secondary N) is 2. The molecule has 0 saturated heterocycles. The Hall–Kier alpha value is -2.34. The van der Waals surface area contributed by atoms with Crippen LogP contribution in [0.1, 0.15) is 33.8 Å². The zero-order valence-corrected chi connectivity index (χ0v) is 14.0. The van der Waals surface area contributed by atoms with E-state index >= 15 is 0 Å². The quantitative estimate of drug-likeness (QED) is 0.880. The van der Waals surface area contributed by atoms with Gasteiger partial charge in [0.1, 0.15) is 5.76 Å². The van der Waals surface area contributed by atoms with Gasteiger partial charge in [0.2, 0.25) is 5.91 Å². The highest BCUT2D eigenvalue weighted by Crippen LogP contribution is 2.23. The second kappa shape index (κ2) is 7.28. The largest absolute Gasteiger partial charge is 0.361 e. The summed E-state index contributed by atoms with van der Waals surface area (Å²) < 4.78 is 5.07. The number of hydrogen-bond acceptors (Lipinski definition) is 4. The first-order chi connectivity index (χ1) is 10.9. The molecule has 0 atom stereocenters. The van der Waals surface area contributed by atoms with Crippen LogP contribution < -0.4 is 10.6 Å². The van der Waals surface area contributed by atoms with Crippen molar-refractivity contribution < 1.29 is 14.1 Å². The lowest BCUT2D eigenvalue weighted by Crippen LogP contribution is -2.18. The fraction of sp³-hybridized carbons (Fsp3) is 0.312. The maximum absolute atomic E-state index is 12.1. The molecule has 2 rings (SSSR count). The van der Waals surface area contributed by atoms with Crippen LogP contribution >= 0.6 is 11.6 Å². The summed E-state index contributed by atoms with van der Waals surface area (Å²) in [6.07, 6.45) is 0.795. The van der Waals surface area contributed by atoms with Crippen LogP contribution in [0.5, 0.6) is 0 Å². The molecule has 0 aliphatic carbocycles. The summed E-state index contributed by atoms with van der Waals surface area (Å²) in [7, 11) is 1.54. The van der Waals surface area contributed by atoms with Crippen LogP contribution in [-0.2, 0) is 11.2 Å². The highest BCUT2D eigenvalue weighted by atomic mass is 35.5. The Balaban J connectivity index is 2.04. The summed E-state index contributed by atoms with van der Waals surface area (Å²) in [4.78, 5) is 23.7. The Bertz CT molecular complexity index is 721. The predicted octanol–water partition coefficient (Wildman–Crippen LogP) is 2.88. The van der Waals surface area contributed by atoms with E-state index in [0.29, 0.717) is 22.7 Å². The topological polar surface area (TPSA) is 84.2 Å². The molecule has 0 aliphatic heterocycles. The van der Waals surface area contributed by atoms with E-state index in [9.17, 15) is 9.59 Å². The number of rotatable bonds is 5. The van der Waals surface area contributed by atoms with Crippen molar-refractivity contribution >= 4 is 29.1 Å². The average molecular weight is 336 g/mol. The van der Waals surface area contributed by atoms with E-state index in [-0.39, 0.29) is 18.2 Å². The number of carbonyl (C=O) groups excluding carboxylic acids is 2. The van der Waals surface area contributed by atoms with Crippen LogP contribution in [-0.4, -0.2) is 24.0 Å². The molecule has 23 heavy (non-hydrogen) atoms. The second-order valence-corrected chi connectivity index (χ2v) is 5.53. The number of aryl methyl sites for hydroxylation is 2. The van der Waals surface area contributed by atoms with E-state index in [1.807, 2.05) is 13.8 Å². The van der Waals surface area contributed by atoms with Crippen LogP contribution in [0.4, 0.5) is 5.69 Å². The molecule has 2 amide bonds. The lowest BCUT2D eigenvalue weighted by molar-refractivity contribution is -0.116. The van der Waals surface area contributed by atoms with Gasteiger partial charge >= 0.3 is 0 Å². The van der Waals surface area contributed by atoms with Crippen molar-refractivity contribution in [2.45, 2.75) is 26.7 Å². The predicted molar refractivity (Wildman–Crippen MR) is 87.8 cm³/mol. The van der Waals surface area contributed by atoms with E-state index in [1.165, 1.54) is 0 Å². The molecule has 0 saturated carbocycles. The summed E-state index contributed by atoms with van der Waals surface area (Å²) in [6, 6.07) is 4.73. The molecule has 1 heterocycles. The standard InChI is InChI=1S/C16H18ClN3O3/c1-9-12(10(2)23-20-9)5-7-15(21)19-14-8-11(16(22)18-3)4-6-13(14)17/h4,6,8H,5,7H2,1-3H3,(H,18,22)(H,19,21). The minimum absolute atomic E-state index is 0.194. The molecule has 0 radical (unpaired) electrons. The zero-order valence-electron chi connectivity index (χ0n) is 13.2. The first kappa shape index (κ1) is 17.0. The van der Waals surface area contributed by atoms with Crippen LogP contribution in [0.25, 0.3) is 0 Å². The fourth-order valence-corrected chi connectivity index (χ4v) is 2.38. The normalized spacial score (nSPS) is 10.4. The van der Waals surface area contributed by atoms with Crippen molar-refractivity contribution in [2.24, 2.45) is 0 Å². The number of aromatic nitrogens is 1. The van der Waals surface area contributed by atoms with Crippen LogP contribution in [0, 0.1) is 13.8 Å². The number of amides is 2. The minimum atomic E-state index is -0.243. The van der Waals surface area contributed by atoms with Crippen molar-refractivity contribution in [1.82, 2.24) is 10.5 Å². The first-order valence-electron chi connectivity index (χ1n) is 7.15. The molecule has 0 fully saturated rings. The molecule has 6 nitrogen and oxygen atoms in total. The molecule has 7 heteroatoms. The van der Waals surface area contributed by atoms with Gasteiger partial charge in [-0.25, -0.2) is 0 Å². The molecular formula is C16H18ClN3O3. The van der Waals surface area contributed by atoms with Gasteiger partial charge in [-0.05, 0) is 38.5 Å². The summed E-state index contributed by atoms with van der Waals surface area (Å²) in [5.74, 6) is 0.281. The van der Waals surface area contributed by atoms with Gasteiger partial charge < -0.3 is 15.2 Å². The molecule has 0 unspecified atom stereocenters. The van der Waals surface area contributed by atoms with Crippen molar-refractivity contribution in [2.75, 3.05) is 12.4 Å². The van der Waals surface area contributed by atoms with Gasteiger partial charge in [0.15, 0.2) is 0 Å². The third kappa shape index (κ3) is 4.10. The maximum Gasteiger partial charge on any atom is 0.251 e. The number of anilines is 1. The molecule has 122 valence electrons. The lowest BCUT2D eigenvalue weighted by Gasteiger charge is -2.09. The van der Waals surface area contributed by atoms with E-state index in [2.05, 4.69) is 15.8 Å². The second-order valence-electron chi connectivity index (χ2n) is 5.12. The molecule has 0 spiro atoms. The van der Waals surface area contributed by atoms with Gasteiger partial charge in [0.05, 0.1) is 16.4 Å². The fourth-order valence-electron chi connectivity index (χ4n) is 2.22. The van der Waals surface area contributed by atoms with Crippen molar-refractivity contribution in [3.05, 3.63) is 45.8 Å². The van der Waals surface area contributed by atoms with Crippen molar-refractivity contribution in [3.8, 4) is 0 Å². The maximum atomic E-state index is 12.1. The smallest absolute Gasteiger partial charge is 0.251 e. The molecule has 1 aromatic carbocycles. The van der Waals surface area contributed by atoms with Gasteiger partial charge in [-0.2, -0.15) is 0 Å². The number of hydrogen-bond donors (Lipinski definition) is 2. The molecule has 2 aromatic rings. The number of benzene rings is 1. The Morgan fingerprint density at radius 3 is 2.65 bits per heavy atom. The van der Waals surface area contributed by atoms with E-state index in [0.717, 1.165) is 17.0 Å². The Labute approximate surface area is 139 Å². The average Bonchev–Trinajstić information content (AvgIpc) is 2.85. The van der Waals surface area contributed by atoms with Gasteiger partial charge in [0, 0.05) is 24.6 Å². The van der Waals surface area contributed by atoms with E-state index < -0.39 is 0 Å². The van der Waals surface area contributed by atoms with E-state index in [4.69, 9.17) is 16.1 Å². The van der Waals surface area contributed by atoms with Crippen molar-refractivity contribution in [1.29, 1.82) is 0 Å². The summed E-state index contributed by atoms with van der Waals surface area (Å²) >= 11 is 6.07. The molecule has 1 aromatic heterocycles. The number of halogens is 1. The lowest BCUT2D eigenvalue weighted by atomic mass is 10.1. The van der Waals surface area contributed by atoms with Gasteiger partial charge in [-0.1, -0.05) is 16.8 Å². The zero-order chi connectivity index (χ0) is 17.0. The van der Waals surface area contributed by atoms with Gasteiger partial charge in [0.25, 0.3) is 5.91 Å². The molecule has 2 N–H and O–H groups in total. The summed E-state index contributed by atoms with van der Waals surface area (Å²) in [6.45, 7) is 3.66. The Kier molecular flexibility index (Phi) is 5.39. The van der Waals surface area contributed by atoms with Crippen LogP contribution in [0.2, 0.25) is 5.02 Å². The molecule has 0 bridgehead atoms. The molecular weight excluding hydrogens is 318 g/mol. The Morgan fingerprint density at radius 1 is 1.30 bits per heavy atom. The number of nitrogens with zero attached hydrogens (tertiary/aromatic N) is 1. The van der Waals surface area contributed by atoms with Crippen molar-refractivity contribution in [3.63, 3.8) is 0 Å². The highest BCUT2D eigenvalue weighted by Gasteiger charge is 2.13. The number of carbonyl (C=O) groups is 2. The SMILES string of the molecule is CNC(=O)c1ccc(Cl)c(NC(=O)CCc2c(C)noc2C)c1.